The van der Waals surface area contributed by atoms with E-state index in [0.717, 1.165) is 0 Å². The fourth-order valence-electron chi connectivity index (χ4n) is 5.78. The first-order valence-electron chi connectivity index (χ1n) is 16.3. The van der Waals surface area contributed by atoms with Crippen LogP contribution >= 0.6 is 0 Å². The highest BCUT2D eigenvalue weighted by atomic mass is 16.4. The van der Waals surface area contributed by atoms with Crippen molar-refractivity contribution in [1.29, 1.82) is 0 Å². The van der Waals surface area contributed by atoms with E-state index >= 15 is 0 Å². The Morgan fingerprint density at radius 1 is 0.808 bits per heavy atom. The molecule has 6 rings (SSSR count). The van der Waals surface area contributed by atoms with Crippen LogP contribution in [0.1, 0.15) is 72.4 Å². The number of fused-ring (bicyclic) bond motifs is 2. The molecule has 0 atom stereocenters. The van der Waals surface area contributed by atoms with E-state index in [1.165, 1.54) is 28.9 Å². The minimum Gasteiger partial charge on any atom is -0.478 e. The number of hydrogen-bond donors (Lipinski definition) is 5. The van der Waals surface area contributed by atoms with Crippen molar-refractivity contribution in [3.63, 3.8) is 0 Å². The number of carbonyl (C=O) groups is 4. The van der Waals surface area contributed by atoms with Crippen LogP contribution in [-0.2, 0) is 26.1 Å². The summed E-state index contributed by atoms with van der Waals surface area (Å²) in [6.07, 6.45) is 4.47. The summed E-state index contributed by atoms with van der Waals surface area (Å²) in [5.74, 6) is -2.59. The number of carboxylic acids is 2. The van der Waals surface area contributed by atoms with Gasteiger partial charge in [0.05, 0.1) is 44.6 Å². The maximum absolute atomic E-state index is 13.5. The van der Waals surface area contributed by atoms with Crippen molar-refractivity contribution in [1.82, 2.24) is 33.9 Å². The van der Waals surface area contributed by atoms with E-state index in [1.54, 1.807) is 53.3 Å². The van der Waals surface area contributed by atoms with Crippen LogP contribution in [0.5, 0.6) is 0 Å². The van der Waals surface area contributed by atoms with Crippen LogP contribution in [0.25, 0.3) is 22.1 Å². The van der Waals surface area contributed by atoms with Crippen molar-refractivity contribution in [3.05, 3.63) is 94.5 Å². The Morgan fingerprint density at radius 3 is 1.88 bits per heavy atom. The van der Waals surface area contributed by atoms with Crippen LogP contribution in [0.4, 0.5) is 11.9 Å². The number of aliphatic hydroxyl groups is 1. The minimum atomic E-state index is -1.12. The highest BCUT2D eigenvalue weighted by molar-refractivity contribution is 6.04. The zero-order valence-electron chi connectivity index (χ0n) is 28.5. The summed E-state index contributed by atoms with van der Waals surface area (Å²) in [5, 5.41) is 38.3. The number of aromatic carboxylic acids is 2. The predicted octanol–water partition coefficient (Wildman–Crippen LogP) is 4.29. The van der Waals surface area contributed by atoms with E-state index in [-0.39, 0.29) is 54.2 Å². The molecule has 0 aliphatic heterocycles. The molecule has 0 radical (unpaired) electrons. The molecule has 6 aromatic rings. The predicted molar refractivity (Wildman–Crippen MR) is 188 cm³/mol. The van der Waals surface area contributed by atoms with E-state index < -0.39 is 23.8 Å². The van der Waals surface area contributed by atoms with Gasteiger partial charge in [0, 0.05) is 33.2 Å². The number of aryl methyl sites for hydroxylation is 4. The quantitative estimate of drug-likeness (QED) is 0.0997. The molecule has 0 unspecified atom stereocenters. The van der Waals surface area contributed by atoms with E-state index in [1.807, 2.05) is 6.92 Å². The molecule has 0 fully saturated rings. The number of carbonyl (C=O) groups excluding carboxylic acids is 2. The molecule has 17 heteroatoms. The molecular formula is C35H35N9O8. The number of aromatic nitrogens is 7. The zero-order chi connectivity index (χ0) is 37.1. The Hall–Kier alpha value is -6.62. The lowest BCUT2D eigenvalue weighted by Gasteiger charge is -2.10. The number of hydrogen-bond acceptors (Lipinski definition) is 10. The van der Waals surface area contributed by atoms with E-state index in [9.17, 15) is 34.5 Å². The summed E-state index contributed by atoms with van der Waals surface area (Å²) >= 11 is 0. The van der Waals surface area contributed by atoms with Gasteiger partial charge < -0.3 is 28.9 Å². The van der Waals surface area contributed by atoms with Gasteiger partial charge in [0.2, 0.25) is 17.7 Å². The molecule has 0 spiro atoms. The van der Waals surface area contributed by atoms with E-state index in [2.05, 4.69) is 30.7 Å². The second-order valence-corrected chi connectivity index (χ2v) is 11.8. The Balaban J connectivity index is 1.31. The smallest absolute Gasteiger partial charge is 0.335 e. The molecule has 5 N–H and O–H groups in total. The first-order chi connectivity index (χ1) is 25.0. The molecule has 4 heterocycles. The van der Waals surface area contributed by atoms with Gasteiger partial charge in [0.15, 0.2) is 5.89 Å². The monoisotopic (exact) mass is 709 g/mol. The van der Waals surface area contributed by atoms with Gasteiger partial charge in [-0.25, -0.2) is 24.5 Å². The van der Waals surface area contributed by atoms with Crippen LogP contribution in [0.2, 0.25) is 0 Å². The number of benzene rings is 2. The maximum Gasteiger partial charge on any atom is 0.335 e. The van der Waals surface area contributed by atoms with Gasteiger partial charge in [-0.05, 0) is 62.2 Å². The third-order valence-electron chi connectivity index (χ3n) is 8.19. The fraction of sp³-hybridized carbons (Fsp3) is 0.257. The molecule has 17 nitrogen and oxygen atoms in total. The molecular weight excluding hydrogens is 674 g/mol. The summed E-state index contributed by atoms with van der Waals surface area (Å²) in [6.45, 7) is 5.89. The first kappa shape index (κ1) is 35.2. The van der Waals surface area contributed by atoms with Crippen LogP contribution in [0.15, 0.2) is 59.0 Å². The van der Waals surface area contributed by atoms with Crippen molar-refractivity contribution in [2.45, 2.75) is 53.2 Å². The molecule has 2 aromatic carbocycles. The lowest BCUT2D eigenvalue weighted by Crippen LogP contribution is -2.20. The molecule has 0 aliphatic rings. The number of allylic oxidation sites excluding steroid dienone is 2. The molecule has 52 heavy (non-hydrogen) atoms. The number of aliphatic hydroxyl groups excluding tert-OH is 1. The molecule has 0 bridgehead atoms. The van der Waals surface area contributed by atoms with Crippen molar-refractivity contribution >= 4 is 57.7 Å². The number of imidazole rings is 2. The molecule has 4 aromatic heterocycles. The van der Waals surface area contributed by atoms with Crippen LogP contribution < -0.4 is 10.6 Å². The average Bonchev–Trinajstić information content (AvgIpc) is 3.87. The third-order valence-corrected chi connectivity index (χ3v) is 8.19. The van der Waals surface area contributed by atoms with E-state index in [0.29, 0.717) is 58.7 Å². The van der Waals surface area contributed by atoms with Crippen molar-refractivity contribution in [2.24, 2.45) is 0 Å². The van der Waals surface area contributed by atoms with E-state index in [4.69, 9.17) is 4.42 Å². The second kappa shape index (κ2) is 14.7. The number of nitrogens with one attached hydrogen (secondary N) is 2. The second-order valence-electron chi connectivity index (χ2n) is 11.8. The SMILES string of the molecule is CCc1nc(C)oc1C(=O)Nc1nc2cc(C(=O)O)ccc2n1C/C=C/Cn1c(NC(=O)c2cc(C)nn2CCCO)nc2cc(C(=O)O)ccc21. The summed E-state index contributed by atoms with van der Waals surface area (Å²) in [6, 6.07) is 10.6. The highest BCUT2D eigenvalue weighted by Crippen LogP contribution is 2.25. The van der Waals surface area contributed by atoms with Gasteiger partial charge in [-0.1, -0.05) is 19.1 Å². The third kappa shape index (κ3) is 7.15. The molecule has 0 saturated carbocycles. The standard InChI is InChI=1S/C35H35N9O8/c1-4-23-29(52-20(3)36-23)31(47)40-35-38-25-18-22(33(50)51)9-11-27(25)43(35)13-6-5-12-42-26-10-8-21(32(48)49)17-24(26)37-34(42)39-30(46)28-16-19(2)41-44(28)14-7-15-45/h5-6,8-11,16-18,45H,4,7,12-15H2,1-3H3,(H,48,49)(H,50,51)(H,37,39,46)(H,38,40,47)/b6-5+. The number of carboxylic acid groups (broad SMARTS) is 2. The number of anilines is 2. The van der Waals surface area contributed by atoms with Gasteiger partial charge in [-0.2, -0.15) is 5.10 Å². The first-order valence-corrected chi connectivity index (χ1v) is 16.3. The minimum absolute atomic E-state index is 0.0300. The zero-order valence-corrected chi connectivity index (χ0v) is 28.5. The topological polar surface area (TPSA) is 233 Å². The van der Waals surface area contributed by atoms with Gasteiger partial charge in [-0.15, -0.1) is 0 Å². The van der Waals surface area contributed by atoms with Crippen LogP contribution in [0.3, 0.4) is 0 Å². The van der Waals surface area contributed by atoms with Crippen molar-refractivity contribution in [3.8, 4) is 0 Å². The molecule has 268 valence electrons. The molecule has 0 saturated heterocycles. The average molecular weight is 710 g/mol. The van der Waals surface area contributed by atoms with Crippen LogP contribution in [0, 0.1) is 13.8 Å². The summed E-state index contributed by atoms with van der Waals surface area (Å²) in [4.78, 5) is 63.4. The van der Waals surface area contributed by atoms with Gasteiger partial charge >= 0.3 is 11.9 Å². The van der Waals surface area contributed by atoms with Gasteiger partial charge in [0.25, 0.3) is 11.8 Å². The van der Waals surface area contributed by atoms with Gasteiger partial charge in [-0.3, -0.25) is 24.9 Å². The lowest BCUT2D eigenvalue weighted by molar-refractivity contribution is 0.0686. The molecule has 0 aliphatic carbocycles. The van der Waals surface area contributed by atoms with Gasteiger partial charge in [0.1, 0.15) is 5.69 Å². The van der Waals surface area contributed by atoms with Crippen molar-refractivity contribution < 1.29 is 38.9 Å². The Kier molecular flexibility index (Phi) is 9.95. The number of amides is 2. The molecule has 2 amide bonds. The Bertz CT molecular complexity index is 2380. The normalized spacial score (nSPS) is 11.5. The maximum atomic E-state index is 13.5. The largest absolute Gasteiger partial charge is 0.478 e. The Labute approximate surface area is 295 Å². The number of oxazole rings is 1. The number of nitrogens with zero attached hydrogens (tertiary/aromatic N) is 7. The Morgan fingerprint density at radius 2 is 1.37 bits per heavy atom. The fourth-order valence-corrected chi connectivity index (χ4v) is 5.78. The number of rotatable bonds is 14. The highest BCUT2D eigenvalue weighted by Gasteiger charge is 2.22. The summed E-state index contributed by atoms with van der Waals surface area (Å²) in [7, 11) is 0. The van der Waals surface area contributed by atoms with Crippen molar-refractivity contribution in [2.75, 3.05) is 17.2 Å². The lowest BCUT2D eigenvalue weighted by atomic mass is 10.2. The van der Waals surface area contributed by atoms with Crippen LogP contribution in [-0.4, -0.2) is 79.5 Å². The summed E-state index contributed by atoms with van der Waals surface area (Å²) < 4.78 is 10.5. The summed E-state index contributed by atoms with van der Waals surface area (Å²) in [5.41, 5.74) is 3.26.